The Morgan fingerprint density at radius 1 is 0.942 bits per heavy atom. The predicted octanol–water partition coefficient (Wildman–Crippen LogP) is 12.3. The van der Waals surface area contributed by atoms with Gasteiger partial charge in [-0.25, -0.2) is 4.98 Å². The minimum absolute atomic E-state index is 0. The van der Waals surface area contributed by atoms with Gasteiger partial charge in [-0.05, 0) is 84.7 Å². The Labute approximate surface area is 324 Å². The number of aryl methyl sites for hydroxylation is 1. The average molecular weight is 872 g/mol. The third-order valence-electron chi connectivity index (χ3n) is 11.0. The van der Waals surface area contributed by atoms with Crippen LogP contribution in [0.3, 0.4) is 0 Å². The van der Waals surface area contributed by atoms with Gasteiger partial charge in [0, 0.05) is 40.4 Å². The number of fused-ring (bicyclic) bond motifs is 3. The second kappa shape index (κ2) is 14.8. The molecule has 0 amide bonds. The Balaban J connectivity index is 0.00000464. The van der Waals surface area contributed by atoms with Crippen molar-refractivity contribution in [2.24, 2.45) is 11.8 Å². The van der Waals surface area contributed by atoms with Crippen LogP contribution < -0.4 is 4.74 Å². The van der Waals surface area contributed by atoms with Crippen molar-refractivity contribution in [3.63, 3.8) is 0 Å². The Hall–Kier alpha value is -3.95. The number of nitrogens with zero attached hydrogens (tertiary/aromatic N) is 4. The van der Waals surface area contributed by atoms with Crippen LogP contribution in [0.1, 0.15) is 115 Å². The average Bonchev–Trinajstić information content (AvgIpc) is 3.59. The van der Waals surface area contributed by atoms with Gasteiger partial charge < -0.3 is 9.30 Å². The molecule has 1 unspecified atom stereocenters. The zero-order valence-corrected chi connectivity index (χ0v) is 34.6. The fourth-order valence-corrected chi connectivity index (χ4v) is 8.29. The maximum Gasteiger partial charge on any atom is 2.00 e. The molecule has 0 aliphatic heterocycles. The molecule has 0 fully saturated rings. The van der Waals surface area contributed by atoms with Gasteiger partial charge in [0.2, 0.25) is 0 Å². The number of hydrogen-bond donors (Lipinski definition) is 0. The summed E-state index contributed by atoms with van der Waals surface area (Å²) in [4.78, 5) is 4.82. The second-order valence-corrected chi connectivity index (χ2v) is 16.0. The molecular weight excluding hydrogens is 820 g/mol. The monoisotopic (exact) mass is 871 g/mol. The van der Waals surface area contributed by atoms with Crippen LogP contribution in [-0.4, -0.2) is 19.3 Å². The number of hydrogen-bond acceptors (Lipinski definition) is 3. The molecule has 3 atom stereocenters. The number of para-hydroxylation sites is 1. The zero-order chi connectivity index (χ0) is 36.2. The fraction of sp³-hybridized carbons (Fsp3) is 0.391. The van der Waals surface area contributed by atoms with Crippen molar-refractivity contribution < 1.29 is 25.8 Å². The first-order valence-corrected chi connectivity index (χ1v) is 18.8. The summed E-state index contributed by atoms with van der Waals surface area (Å²) >= 11 is 0. The second-order valence-electron chi connectivity index (χ2n) is 16.0. The summed E-state index contributed by atoms with van der Waals surface area (Å²) in [5.41, 5.74) is 10.4. The number of ether oxygens (including phenoxy) is 1. The summed E-state index contributed by atoms with van der Waals surface area (Å²) in [6, 6.07) is 28.5. The summed E-state index contributed by atoms with van der Waals surface area (Å²) in [6.07, 6.45) is 7.88. The van der Waals surface area contributed by atoms with Crippen molar-refractivity contribution in [2.45, 2.75) is 106 Å². The molecule has 3 heterocycles. The summed E-state index contributed by atoms with van der Waals surface area (Å²) in [5, 5.41) is 7.47. The maximum absolute atomic E-state index is 6.71. The van der Waals surface area contributed by atoms with E-state index in [1.165, 1.54) is 29.7 Å². The van der Waals surface area contributed by atoms with Crippen LogP contribution in [0.4, 0.5) is 0 Å². The Kier molecular flexibility index (Phi) is 10.8. The smallest absolute Gasteiger partial charge is 0.509 e. The molecule has 5 nitrogen and oxygen atoms in total. The normalized spacial score (nSPS) is 17.8. The van der Waals surface area contributed by atoms with Crippen LogP contribution in [0.2, 0.25) is 0 Å². The van der Waals surface area contributed by atoms with E-state index in [4.69, 9.17) is 14.8 Å². The van der Waals surface area contributed by atoms with E-state index in [-0.39, 0.29) is 26.5 Å². The standard InChI is InChI=1S/C46H52N4O.Pt/c1-11-32-21-29(5)22-33(12-2)45(32)44-30(6)48-50(31(44)7)36-24-35(46(8,9)10)25-38(26-36)51-37-17-18-40-39-15-13-14-16-41(39)49(42(40)27-37)43-23-34(28(3)4)19-20-47-43;/h13-21,23-25,28-29,33,45H,11-12,22H2,1-10H3;/q-2;+2/t29-,33-,45?;/m0./s1. The number of pyridine rings is 1. The van der Waals surface area contributed by atoms with Crippen LogP contribution >= 0.6 is 0 Å². The third kappa shape index (κ3) is 6.94. The maximum atomic E-state index is 6.71. The number of rotatable bonds is 8. The first-order chi connectivity index (χ1) is 24.4. The Morgan fingerprint density at radius 2 is 1.71 bits per heavy atom. The summed E-state index contributed by atoms with van der Waals surface area (Å²) in [6.45, 7) is 22.6. The van der Waals surface area contributed by atoms with Gasteiger partial charge in [-0.2, -0.15) is 11.2 Å². The number of aromatic nitrogens is 4. The molecule has 0 radical (unpaired) electrons. The van der Waals surface area contributed by atoms with E-state index in [1.807, 2.05) is 12.3 Å². The molecule has 272 valence electrons. The molecule has 7 rings (SSSR count). The molecule has 6 aromatic rings. The molecule has 0 bridgehead atoms. The number of benzene rings is 3. The molecule has 52 heavy (non-hydrogen) atoms. The van der Waals surface area contributed by atoms with Gasteiger partial charge in [0.25, 0.3) is 0 Å². The van der Waals surface area contributed by atoms with E-state index in [0.717, 1.165) is 51.0 Å². The van der Waals surface area contributed by atoms with Gasteiger partial charge in [-0.1, -0.05) is 97.2 Å². The topological polar surface area (TPSA) is 44.9 Å². The third-order valence-corrected chi connectivity index (χ3v) is 11.0. The van der Waals surface area contributed by atoms with Crippen LogP contribution in [0.15, 0.2) is 78.5 Å². The van der Waals surface area contributed by atoms with E-state index in [1.54, 1.807) is 5.57 Å². The van der Waals surface area contributed by atoms with Gasteiger partial charge in [0.1, 0.15) is 5.82 Å². The summed E-state index contributed by atoms with van der Waals surface area (Å²) < 4.78 is 11.0. The SMILES string of the molecule is CCC1=C[C@H](C)C[C@H](CC)C1c1c(C)nn(-c2[c-]c(Oc3[c-]c4c(cc3)c3ccccc3n4-c3cc(C(C)C)ccn3)cc(C(C)(C)C)c2)c1C.[Pt+2]. The predicted molar refractivity (Wildman–Crippen MR) is 211 cm³/mol. The van der Waals surface area contributed by atoms with Crippen molar-refractivity contribution in [1.29, 1.82) is 0 Å². The van der Waals surface area contributed by atoms with Crippen molar-refractivity contribution in [1.82, 2.24) is 19.3 Å². The van der Waals surface area contributed by atoms with Crippen molar-refractivity contribution in [2.75, 3.05) is 0 Å². The minimum Gasteiger partial charge on any atom is -0.509 e. The van der Waals surface area contributed by atoms with Crippen molar-refractivity contribution in [3.05, 3.63) is 119 Å². The molecular formula is C46H52N4OPt. The molecule has 3 aromatic carbocycles. The van der Waals surface area contributed by atoms with Crippen LogP contribution in [0.25, 0.3) is 33.3 Å². The first kappa shape index (κ1) is 37.8. The molecule has 0 saturated heterocycles. The molecule has 1 aliphatic carbocycles. The van der Waals surface area contributed by atoms with Gasteiger partial charge in [-0.15, -0.1) is 41.3 Å². The summed E-state index contributed by atoms with van der Waals surface area (Å²) in [7, 11) is 0. The van der Waals surface area contributed by atoms with E-state index in [0.29, 0.717) is 35.2 Å². The van der Waals surface area contributed by atoms with E-state index >= 15 is 0 Å². The molecule has 0 saturated carbocycles. The van der Waals surface area contributed by atoms with E-state index < -0.39 is 0 Å². The van der Waals surface area contributed by atoms with E-state index in [2.05, 4.69) is 151 Å². The van der Waals surface area contributed by atoms with Gasteiger partial charge in [-0.3, -0.25) is 4.68 Å². The quantitative estimate of drug-likeness (QED) is 0.113. The summed E-state index contributed by atoms with van der Waals surface area (Å²) in [5.74, 6) is 4.18. The van der Waals surface area contributed by atoms with Crippen LogP contribution in [0.5, 0.6) is 11.5 Å². The fourth-order valence-electron chi connectivity index (χ4n) is 8.29. The Morgan fingerprint density at radius 3 is 2.42 bits per heavy atom. The van der Waals surface area contributed by atoms with Crippen molar-refractivity contribution in [3.8, 4) is 23.0 Å². The molecule has 3 aromatic heterocycles. The minimum atomic E-state index is -0.112. The Bertz CT molecular complexity index is 2270. The molecule has 1 aliphatic rings. The van der Waals surface area contributed by atoms with Crippen LogP contribution in [0, 0.1) is 37.8 Å². The van der Waals surface area contributed by atoms with Gasteiger partial charge in [0.05, 0.1) is 5.69 Å². The van der Waals surface area contributed by atoms with Crippen molar-refractivity contribution >= 4 is 21.8 Å². The number of allylic oxidation sites excluding steroid dienone is 2. The van der Waals surface area contributed by atoms with E-state index in [9.17, 15) is 0 Å². The van der Waals surface area contributed by atoms with Crippen LogP contribution in [-0.2, 0) is 26.5 Å². The first-order valence-electron chi connectivity index (χ1n) is 18.8. The largest absolute Gasteiger partial charge is 2.00 e. The van der Waals surface area contributed by atoms with Gasteiger partial charge >= 0.3 is 21.1 Å². The molecule has 0 spiro atoms. The zero-order valence-electron chi connectivity index (χ0n) is 32.4. The molecule has 6 heteroatoms. The van der Waals surface area contributed by atoms with Gasteiger partial charge in [0.15, 0.2) is 0 Å². The molecule has 0 N–H and O–H groups in total.